The number of likely N-dealkylation sites (tertiary alicyclic amines) is 1. The second kappa shape index (κ2) is 11.0. The molecule has 2 atom stereocenters. The quantitative estimate of drug-likeness (QED) is 0.542. The van der Waals surface area contributed by atoms with Crippen molar-refractivity contribution in [3.05, 3.63) is 0 Å². The van der Waals surface area contributed by atoms with Crippen LogP contribution in [0, 0.1) is 0 Å². The smallest absolute Gasteiger partial charge is 0.323 e. The Morgan fingerprint density at radius 3 is 2.05 bits per heavy atom. The van der Waals surface area contributed by atoms with Crippen molar-refractivity contribution in [3.8, 4) is 0 Å². The van der Waals surface area contributed by atoms with E-state index >= 15 is 0 Å². The maximum atomic E-state index is 11.1. The highest BCUT2D eigenvalue weighted by Crippen LogP contribution is 2.19. The van der Waals surface area contributed by atoms with E-state index in [1.807, 2.05) is 4.90 Å². The Balaban J connectivity index is 1.96. The van der Waals surface area contributed by atoms with E-state index in [9.17, 15) is 9.90 Å². The van der Waals surface area contributed by atoms with Crippen LogP contribution in [0.15, 0.2) is 0 Å². The molecule has 1 aliphatic rings. The van der Waals surface area contributed by atoms with Crippen LogP contribution in [-0.2, 0) is 4.79 Å². The molecule has 1 saturated heterocycles. The van der Waals surface area contributed by atoms with Gasteiger partial charge in [0.15, 0.2) is 0 Å². The average Bonchev–Trinajstić information content (AvgIpc) is 2.82. The lowest BCUT2D eigenvalue weighted by atomic mass is 10.1. The predicted molar refractivity (Wildman–Crippen MR) is 85.5 cm³/mol. The summed E-state index contributed by atoms with van der Waals surface area (Å²) in [5, 5.41) is 18.8. The fraction of sp³-hybridized carbons (Fsp3) is 0.941. The van der Waals surface area contributed by atoms with E-state index in [2.05, 4.69) is 6.92 Å². The van der Waals surface area contributed by atoms with E-state index in [-0.39, 0.29) is 0 Å². The van der Waals surface area contributed by atoms with Gasteiger partial charge in [-0.1, -0.05) is 64.7 Å². The van der Waals surface area contributed by atoms with E-state index in [1.165, 1.54) is 57.8 Å². The van der Waals surface area contributed by atoms with Crippen LogP contribution in [0.5, 0.6) is 0 Å². The number of carboxylic acids is 1. The van der Waals surface area contributed by atoms with E-state index in [0.717, 1.165) is 19.5 Å². The van der Waals surface area contributed by atoms with Crippen LogP contribution in [-0.4, -0.2) is 46.3 Å². The van der Waals surface area contributed by atoms with Gasteiger partial charge in [0.2, 0.25) is 0 Å². The van der Waals surface area contributed by atoms with E-state index in [0.29, 0.717) is 6.42 Å². The lowest BCUT2D eigenvalue weighted by Gasteiger charge is -2.22. The van der Waals surface area contributed by atoms with Crippen LogP contribution >= 0.6 is 0 Å². The molecule has 124 valence electrons. The minimum absolute atomic E-state index is 0.592. The number of carboxylic acid groups (broad SMARTS) is 1. The molecule has 0 spiro atoms. The standard InChI is InChI=1S/C17H33NO3/c1-2-3-4-5-6-7-8-9-10-11-13-18-14-12-15(19)16(18)17(20)21/h15-16,19H,2-14H2,1H3,(H,20,21)/t15?,16-/m0/s1. The van der Waals surface area contributed by atoms with Crippen LogP contribution in [0.3, 0.4) is 0 Å². The molecular formula is C17H33NO3. The van der Waals surface area contributed by atoms with Gasteiger partial charge >= 0.3 is 5.97 Å². The van der Waals surface area contributed by atoms with Crippen molar-refractivity contribution in [1.29, 1.82) is 0 Å². The number of rotatable bonds is 12. The van der Waals surface area contributed by atoms with Crippen LogP contribution in [0.1, 0.15) is 77.6 Å². The molecule has 0 amide bonds. The summed E-state index contributed by atoms with van der Waals surface area (Å²) in [7, 11) is 0. The maximum absolute atomic E-state index is 11.1. The van der Waals surface area contributed by atoms with Gasteiger partial charge in [-0.3, -0.25) is 9.69 Å². The molecule has 1 unspecified atom stereocenters. The van der Waals surface area contributed by atoms with Crippen molar-refractivity contribution in [2.75, 3.05) is 13.1 Å². The van der Waals surface area contributed by atoms with Crippen molar-refractivity contribution >= 4 is 5.97 Å². The Bertz CT molecular complexity index is 283. The maximum Gasteiger partial charge on any atom is 0.323 e. The summed E-state index contributed by atoms with van der Waals surface area (Å²) < 4.78 is 0. The summed E-state index contributed by atoms with van der Waals surface area (Å²) in [5.74, 6) is -0.882. The van der Waals surface area contributed by atoms with Crippen molar-refractivity contribution in [1.82, 2.24) is 4.90 Å². The first kappa shape index (κ1) is 18.4. The van der Waals surface area contributed by atoms with Gasteiger partial charge in [0.05, 0.1) is 6.10 Å². The lowest BCUT2D eigenvalue weighted by molar-refractivity contribution is -0.145. The largest absolute Gasteiger partial charge is 0.480 e. The van der Waals surface area contributed by atoms with Crippen LogP contribution in [0.4, 0.5) is 0 Å². The molecule has 0 saturated carbocycles. The van der Waals surface area contributed by atoms with Crippen LogP contribution < -0.4 is 0 Å². The Kier molecular flexibility index (Phi) is 9.68. The highest BCUT2D eigenvalue weighted by Gasteiger charge is 2.37. The Labute approximate surface area is 129 Å². The molecule has 21 heavy (non-hydrogen) atoms. The third kappa shape index (κ3) is 7.28. The summed E-state index contributed by atoms with van der Waals surface area (Å²) in [6.07, 6.45) is 12.8. The number of aliphatic hydroxyl groups is 1. The molecule has 2 N–H and O–H groups in total. The summed E-state index contributed by atoms with van der Waals surface area (Å²) in [5.41, 5.74) is 0. The summed E-state index contributed by atoms with van der Waals surface area (Å²) in [6, 6.07) is -0.677. The Morgan fingerprint density at radius 2 is 1.52 bits per heavy atom. The molecule has 1 aliphatic heterocycles. The third-order valence-electron chi connectivity index (χ3n) is 4.52. The topological polar surface area (TPSA) is 60.8 Å². The minimum atomic E-state index is -0.882. The minimum Gasteiger partial charge on any atom is -0.480 e. The van der Waals surface area contributed by atoms with Gasteiger partial charge in [0.1, 0.15) is 6.04 Å². The number of nitrogens with zero attached hydrogens (tertiary/aromatic N) is 1. The molecule has 0 aliphatic carbocycles. The van der Waals surface area contributed by atoms with Crippen molar-refractivity contribution in [2.24, 2.45) is 0 Å². The zero-order valence-corrected chi connectivity index (χ0v) is 13.6. The zero-order chi connectivity index (χ0) is 15.5. The van der Waals surface area contributed by atoms with Gasteiger partial charge < -0.3 is 10.2 Å². The highest BCUT2D eigenvalue weighted by molar-refractivity contribution is 5.74. The molecule has 1 heterocycles. The summed E-state index contributed by atoms with van der Waals surface area (Å²) >= 11 is 0. The first-order valence-electron chi connectivity index (χ1n) is 8.81. The first-order chi connectivity index (χ1) is 10.2. The van der Waals surface area contributed by atoms with E-state index in [1.54, 1.807) is 0 Å². The normalized spacial score (nSPS) is 22.8. The van der Waals surface area contributed by atoms with Crippen molar-refractivity contribution in [2.45, 2.75) is 89.7 Å². The Hall–Kier alpha value is -0.610. The molecule has 1 fully saturated rings. The lowest BCUT2D eigenvalue weighted by Crippen LogP contribution is -2.42. The van der Waals surface area contributed by atoms with Gasteiger partial charge in [0, 0.05) is 6.54 Å². The molecule has 0 aromatic heterocycles. The van der Waals surface area contributed by atoms with Gasteiger partial charge in [-0.25, -0.2) is 0 Å². The number of unbranched alkanes of at least 4 members (excludes halogenated alkanes) is 9. The number of aliphatic hydroxyl groups excluding tert-OH is 1. The SMILES string of the molecule is CCCCCCCCCCCCN1CCC(O)[C@H]1C(=O)O. The molecular weight excluding hydrogens is 266 g/mol. The fourth-order valence-corrected chi connectivity index (χ4v) is 3.21. The van der Waals surface area contributed by atoms with Gasteiger partial charge in [0.25, 0.3) is 0 Å². The summed E-state index contributed by atoms with van der Waals surface area (Å²) in [4.78, 5) is 13.0. The molecule has 4 heteroatoms. The second-order valence-corrected chi connectivity index (χ2v) is 6.36. The average molecular weight is 299 g/mol. The number of aliphatic carboxylic acids is 1. The van der Waals surface area contributed by atoms with Gasteiger partial charge in [-0.2, -0.15) is 0 Å². The monoisotopic (exact) mass is 299 g/mol. The van der Waals surface area contributed by atoms with E-state index in [4.69, 9.17) is 5.11 Å². The van der Waals surface area contributed by atoms with Crippen molar-refractivity contribution in [3.63, 3.8) is 0 Å². The first-order valence-corrected chi connectivity index (χ1v) is 8.81. The highest BCUT2D eigenvalue weighted by atomic mass is 16.4. The summed E-state index contributed by atoms with van der Waals surface area (Å²) in [6.45, 7) is 3.77. The molecule has 0 radical (unpaired) electrons. The van der Waals surface area contributed by atoms with Gasteiger partial charge in [-0.15, -0.1) is 0 Å². The molecule has 4 nitrogen and oxygen atoms in total. The molecule has 0 aromatic carbocycles. The number of carbonyl (C=O) groups is 1. The van der Waals surface area contributed by atoms with Crippen LogP contribution in [0.2, 0.25) is 0 Å². The Morgan fingerprint density at radius 1 is 1.00 bits per heavy atom. The van der Waals surface area contributed by atoms with Crippen LogP contribution in [0.25, 0.3) is 0 Å². The molecule has 0 bridgehead atoms. The third-order valence-corrected chi connectivity index (χ3v) is 4.52. The number of hydrogen-bond donors (Lipinski definition) is 2. The predicted octanol–water partition coefficient (Wildman–Crippen LogP) is 3.43. The molecule has 0 aromatic rings. The zero-order valence-electron chi connectivity index (χ0n) is 13.6. The second-order valence-electron chi connectivity index (χ2n) is 6.36. The van der Waals surface area contributed by atoms with Gasteiger partial charge in [-0.05, 0) is 19.4 Å². The van der Waals surface area contributed by atoms with E-state index < -0.39 is 18.1 Å². The van der Waals surface area contributed by atoms with Crippen molar-refractivity contribution < 1.29 is 15.0 Å². The number of hydrogen-bond acceptors (Lipinski definition) is 3. The fourth-order valence-electron chi connectivity index (χ4n) is 3.21. The molecule has 1 rings (SSSR count).